The molecular weight excluding hydrogens is 262 g/mol. The smallest absolute Gasteiger partial charge is 0.167 e. The molecule has 1 N–H and O–H groups in total. The van der Waals surface area contributed by atoms with Gasteiger partial charge in [0.05, 0.1) is 18.6 Å². The predicted octanol–water partition coefficient (Wildman–Crippen LogP) is 2.27. The van der Waals surface area contributed by atoms with Crippen molar-refractivity contribution in [2.45, 2.75) is 6.92 Å². The standard InChI is InChI=1S/C12H11N5OS/c1-2-18-9-5-3-8(4-6-9)17-11-10(15-16-17)12(19)14-7-13-11/h3-7H,2H2,1H3,(H,13,14,19). The normalized spacial score (nSPS) is 10.8. The van der Waals surface area contributed by atoms with Crippen molar-refractivity contribution in [3.05, 3.63) is 35.2 Å². The van der Waals surface area contributed by atoms with E-state index in [2.05, 4.69) is 20.3 Å². The van der Waals surface area contributed by atoms with E-state index in [0.717, 1.165) is 17.1 Å². The molecule has 0 aliphatic heterocycles. The van der Waals surface area contributed by atoms with Crippen molar-refractivity contribution in [3.8, 4) is 11.4 Å². The Morgan fingerprint density at radius 3 is 2.84 bits per heavy atom. The lowest BCUT2D eigenvalue weighted by molar-refractivity contribution is 0.340. The van der Waals surface area contributed by atoms with E-state index in [-0.39, 0.29) is 0 Å². The van der Waals surface area contributed by atoms with Crippen LogP contribution in [0.15, 0.2) is 30.6 Å². The first-order valence-corrected chi connectivity index (χ1v) is 6.22. The first kappa shape index (κ1) is 11.8. The van der Waals surface area contributed by atoms with Gasteiger partial charge in [-0.2, -0.15) is 4.68 Å². The quantitative estimate of drug-likeness (QED) is 0.741. The number of hydrogen-bond acceptors (Lipinski definition) is 5. The molecule has 0 amide bonds. The number of H-pyrrole nitrogens is 1. The Hall–Kier alpha value is -2.28. The van der Waals surface area contributed by atoms with Crippen LogP contribution in [0.3, 0.4) is 0 Å². The van der Waals surface area contributed by atoms with E-state index < -0.39 is 0 Å². The molecule has 0 radical (unpaired) electrons. The number of ether oxygens (including phenoxy) is 1. The molecule has 0 aliphatic carbocycles. The van der Waals surface area contributed by atoms with Gasteiger partial charge in [0.2, 0.25) is 0 Å². The highest BCUT2D eigenvalue weighted by Crippen LogP contribution is 2.17. The Balaban J connectivity index is 2.09. The van der Waals surface area contributed by atoms with Crippen LogP contribution in [0.2, 0.25) is 0 Å². The maximum absolute atomic E-state index is 5.41. The highest BCUT2D eigenvalue weighted by atomic mass is 32.1. The van der Waals surface area contributed by atoms with Gasteiger partial charge in [-0.05, 0) is 31.2 Å². The predicted molar refractivity (Wildman–Crippen MR) is 73.0 cm³/mol. The Kier molecular flexibility index (Phi) is 2.96. The topological polar surface area (TPSA) is 68.6 Å². The summed E-state index contributed by atoms with van der Waals surface area (Å²) in [5, 5.41) is 8.13. The van der Waals surface area contributed by atoms with Gasteiger partial charge in [0.1, 0.15) is 5.75 Å². The number of nitrogens with zero attached hydrogens (tertiary/aromatic N) is 4. The van der Waals surface area contributed by atoms with E-state index in [1.54, 1.807) is 11.0 Å². The fourth-order valence-corrected chi connectivity index (χ4v) is 1.99. The van der Waals surface area contributed by atoms with Gasteiger partial charge < -0.3 is 9.72 Å². The summed E-state index contributed by atoms with van der Waals surface area (Å²) in [5.41, 5.74) is 2.19. The average Bonchev–Trinajstić information content (AvgIpc) is 2.85. The van der Waals surface area contributed by atoms with Gasteiger partial charge in [-0.25, -0.2) is 4.98 Å². The van der Waals surface area contributed by atoms with Crippen LogP contribution >= 0.6 is 12.2 Å². The Morgan fingerprint density at radius 2 is 2.11 bits per heavy atom. The third-order valence-electron chi connectivity index (χ3n) is 2.65. The van der Waals surface area contributed by atoms with Gasteiger partial charge in [0.15, 0.2) is 15.8 Å². The van der Waals surface area contributed by atoms with Crippen molar-refractivity contribution in [3.63, 3.8) is 0 Å². The zero-order valence-corrected chi connectivity index (χ0v) is 11.0. The maximum atomic E-state index is 5.41. The summed E-state index contributed by atoms with van der Waals surface area (Å²) < 4.78 is 7.52. The van der Waals surface area contributed by atoms with Crippen LogP contribution < -0.4 is 4.74 Å². The lowest BCUT2D eigenvalue weighted by Gasteiger charge is -2.05. The van der Waals surface area contributed by atoms with Crippen LogP contribution in [0.5, 0.6) is 5.75 Å². The number of nitrogens with one attached hydrogen (secondary N) is 1. The van der Waals surface area contributed by atoms with Gasteiger partial charge in [-0.1, -0.05) is 17.4 Å². The molecule has 0 bridgehead atoms. The molecule has 0 saturated carbocycles. The Morgan fingerprint density at radius 1 is 1.32 bits per heavy atom. The fraction of sp³-hybridized carbons (Fsp3) is 0.167. The third kappa shape index (κ3) is 2.08. The van der Waals surface area contributed by atoms with E-state index in [9.17, 15) is 0 Å². The molecule has 2 aromatic heterocycles. The minimum absolute atomic E-state index is 0.436. The minimum Gasteiger partial charge on any atom is -0.494 e. The molecule has 0 unspecified atom stereocenters. The van der Waals surface area contributed by atoms with E-state index >= 15 is 0 Å². The van der Waals surface area contributed by atoms with Gasteiger partial charge in [0, 0.05) is 0 Å². The van der Waals surface area contributed by atoms with Crippen molar-refractivity contribution >= 4 is 23.4 Å². The third-order valence-corrected chi connectivity index (χ3v) is 2.95. The molecule has 7 heteroatoms. The van der Waals surface area contributed by atoms with Gasteiger partial charge >= 0.3 is 0 Å². The largest absolute Gasteiger partial charge is 0.494 e. The zero-order valence-electron chi connectivity index (χ0n) is 10.2. The van der Waals surface area contributed by atoms with E-state index in [1.165, 1.54) is 0 Å². The summed E-state index contributed by atoms with van der Waals surface area (Å²) in [6, 6.07) is 7.61. The van der Waals surface area contributed by atoms with E-state index in [1.807, 2.05) is 31.2 Å². The summed E-state index contributed by atoms with van der Waals surface area (Å²) in [7, 11) is 0. The number of hydrogen-bond donors (Lipinski definition) is 1. The van der Waals surface area contributed by atoms with Crippen LogP contribution in [-0.2, 0) is 0 Å². The molecule has 2 heterocycles. The molecule has 6 nitrogen and oxygen atoms in total. The summed E-state index contributed by atoms with van der Waals surface area (Å²) in [4.78, 5) is 6.98. The molecule has 0 atom stereocenters. The monoisotopic (exact) mass is 273 g/mol. The maximum Gasteiger partial charge on any atom is 0.167 e. The first-order chi connectivity index (χ1) is 9.29. The molecule has 1 aromatic carbocycles. The SMILES string of the molecule is CCOc1ccc(-n2nnc3c(=S)nc[nH]c32)cc1. The van der Waals surface area contributed by atoms with Crippen molar-refractivity contribution in [2.24, 2.45) is 0 Å². The number of benzene rings is 1. The fourth-order valence-electron chi connectivity index (χ4n) is 1.80. The van der Waals surface area contributed by atoms with E-state index in [0.29, 0.717) is 16.8 Å². The summed E-state index contributed by atoms with van der Waals surface area (Å²) in [6.07, 6.45) is 1.54. The van der Waals surface area contributed by atoms with Gasteiger partial charge in [0.25, 0.3) is 0 Å². The van der Waals surface area contributed by atoms with Crippen molar-refractivity contribution < 1.29 is 4.74 Å². The second-order valence-corrected chi connectivity index (χ2v) is 4.22. The van der Waals surface area contributed by atoms with Gasteiger partial charge in [-0.15, -0.1) is 5.10 Å². The molecule has 0 fully saturated rings. The van der Waals surface area contributed by atoms with Crippen LogP contribution in [0.1, 0.15) is 6.92 Å². The van der Waals surface area contributed by atoms with Gasteiger partial charge in [-0.3, -0.25) is 0 Å². The number of rotatable bonds is 3. The van der Waals surface area contributed by atoms with Crippen LogP contribution in [0.4, 0.5) is 0 Å². The zero-order chi connectivity index (χ0) is 13.2. The average molecular weight is 273 g/mol. The minimum atomic E-state index is 0.436. The molecule has 0 saturated heterocycles. The summed E-state index contributed by atoms with van der Waals surface area (Å²) in [6.45, 7) is 2.59. The number of fused-ring (bicyclic) bond motifs is 1. The Bertz CT molecular complexity index is 762. The van der Waals surface area contributed by atoms with Crippen molar-refractivity contribution in [1.82, 2.24) is 25.0 Å². The lowest BCUT2D eigenvalue weighted by atomic mass is 10.3. The molecule has 96 valence electrons. The highest BCUT2D eigenvalue weighted by molar-refractivity contribution is 7.71. The number of aromatic amines is 1. The number of aromatic nitrogens is 5. The lowest BCUT2D eigenvalue weighted by Crippen LogP contribution is -1.98. The van der Waals surface area contributed by atoms with Crippen molar-refractivity contribution in [1.29, 1.82) is 0 Å². The van der Waals surface area contributed by atoms with Crippen LogP contribution in [-0.4, -0.2) is 31.6 Å². The second kappa shape index (κ2) is 4.77. The second-order valence-electron chi connectivity index (χ2n) is 3.83. The van der Waals surface area contributed by atoms with E-state index in [4.69, 9.17) is 17.0 Å². The molecule has 3 aromatic rings. The molecule has 0 aliphatic rings. The van der Waals surface area contributed by atoms with Crippen LogP contribution in [0.25, 0.3) is 16.9 Å². The summed E-state index contributed by atoms with van der Waals surface area (Å²) >= 11 is 5.11. The van der Waals surface area contributed by atoms with Crippen LogP contribution in [0, 0.1) is 4.64 Å². The van der Waals surface area contributed by atoms with Crippen molar-refractivity contribution in [2.75, 3.05) is 6.61 Å². The summed E-state index contributed by atoms with van der Waals surface area (Å²) in [5.74, 6) is 0.824. The molecular formula is C12H11N5OS. The molecule has 0 spiro atoms. The Labute approximate surface area is 114 Å². The highest BCUT2D eigenvalue weighted by Gasteiger charge is 2.08. The molecule has 3 rings (SSSR count). The molecule has 19 heavy (non-hydrogen) atoms. The first-order valence-electron chi connectivity index (χ1n) is 5.82.